The van der Waals surface area contributed by atoms with Crippen LogP contribution in [0.2, 0.25) is 0 Å². The number of phosphoric acid groups is 2. The first-order valence-electron chi connectivity index (χ1n) is 1.46. The molecule has 13 heavy (non-hydrogen) atoms. The third-order valence-corrected chi connectivity index (χ3v) is 0. The third-order valence-electron chi connectivity index (χ3n) is 0. The molecule has 0 saturated heterocycles. The van der Waals surface area contributed by atoms with Crippen molar-refractivity contribution in [3.63, 3.8) is 0 Å². The van der Waals surface area contributed by atoms with Gasteiger partial charge in [-0.3, -0.25) is 0 Å². The van der Waals surface area contributed by atoms with E-state index in [4.69, 9.17) is 38.5 Å². The number of hydrogen-bond acceptors (Lipinski definition) is 8. The normalized spacial score (nSPS) is 9.08. The summed E-state index contributed by atoms with van der Waals surface area (Å²) in [6.07, 6.45) is 0. The van der Waals surface area contributed by atoms with Crippen molar-refractivity contribution in [1.29, 1.82) is 0 Å². The van der Waals surface area contributed by atoms with Gasteiger partial charge in [0.1, 0.15) is 0 Å². The zero-order valence-corrected chi connectivity index (χ0v) is 12.1. The van der Waals surface area contributed by atoms with Crippen LogP contribution >= 0.6 is 15.6 Å². The van der Waals surface area contributed by atoms with Crippen molar-refractivity contribution in [3.05, 3.63) is 0 Å². The van der Waals surface area contributed by atoms with Crippen molar-refractivity contribution in [1.82, 2.24) is 0 Å². The summed E-state index contributed by atoms with van der Waals surface area (Å²) < 4.78 is 17.1. The molecular formula is CrFeNaO8P2. The fourth-order valence-electron chi connectivity index (χ4n) is 0. The van der Waals surface area contributed by atoms with Gasteiger partial charge in [0.2, 0.25) is 0 Å². The van der Waals surface area contributed by atoms with Crippen molar-refractivity contribution >= 4 is 15.6 Å². The van der Waals surface area contributed by atoms with Crippen LogP contribution in [0.5, 0.6) is 0 Å². The molecule has 0 bridgehead atoms. The Kier molecular flexibility index (Phi) is 28.0. The summed E-state index contributed by atoms with van der Waals surface area (Å²) in [6.45, 7) is 0. The van der Waals surface area contributed by atoms with Gasteiger partial charge in [-0.05, 0) is 0 Å². The molecule has 0 aliphatic rings. The molecule has 0 aromatic heterocycles. The van der Waals surface area contributed by atoms with Crippen LogP contribution in [0.25, 0.3) is 0 Å². The third kappa shape index (κ3) is 416. The summed E-state index contributed by atoms with van der Waals surface area (Å²) in [5.74, 6) is 0. The number of rotatable bonds is 0. The van der Waals surface area contributed by atoms with E-state index in [-0.39, 0.29) is 64.0 Å². The van der Waals surface area contributed by atoms with E-state index in [1.807, 2.05) is 0 Å². The minimum absolute atomic E-state index is 0. The largest absolute Gasteiger partial charge is 3.00 e. The smallest absolute Gasteiger partial charge is 0.822 e. The first-order valence-corrected chi connectivity index (χ1v) is 4.38. The van der Waals surface area contributed by atoms with Gasteiger partial charge in [0.05, 0.1) is 0 Å². The summed E-state index contributed by atoms with van der Waals surface area (Å²) in [5.41, 5.74) is 0. The van der Waals surface area contributed by atoms with Crippen molar-refractivity contribution in [2.45, 2.75) is 0 Å². The fraction of sp³-hybridized carbons (Fsp3) is 0. The van der Waals surface area contributed by atoms with Crippen molar-refractivity contribution < 1.29 is 102 Å². The molecule has 73 valence electrons. The van der Waals surface area contributed by atoms with Gasteiger partial charge in [0.15, 0.2) is 0 Å². The van der Waals surface area contributed by atoms with Crippen LogP contribution in [0.1, 0.15) is 0 Å². The van der Waals surface area contributed by atoms with Gasteiger partial charge in [-0.25, -0.2) is 0 Å². The van der Waals surface area contributed by atoms with E-state index in [2.05, 4.69) is 0 Å². The minimum atomic E-state index is -5.39. The quantitative estimate of drug-likeness (QED) is 0.312. The minimum Gasteiger partial charge on any atom is -0.822 e. The van der Waals surface area contributed by atoms with Crippen LogP contribution in [0.15, 0.2) is 0 Å². The molecule has 0 unspecified atom stereocenters. The van der Waals surface area contributed by atoms with E-state index < -0.39 is 15.6 Å². The molecule has 0 amide bonds. The van der Waals surface area contributed by atoms with E-state index in [9.17, 15) is 0 Å². The van der Waals surface area contributed by atoms with Crippen molar-refractivity contribution in [3.8, 4) is 0 Å². The molecular weight excluding hydrogens is 321 g/mol. The predicted octanol–water partition coefficient (Wildman–Crippen LogP) is -8.65. The SMILES string of the molecule is O=P([O-])([O-])[O-].O=P([O-])([O-])[O-].[Cr+3].[Fe+2].[Na+]. The molecule has 0 aliphatic carbocycles. The molecule has 13 heteroatoms. The zero-order valence-electron chi connectivity index (χ0n) is 5.92. The fourth-order valence-corrected chi connectivity index (χ4v) is 0. The second kappa shape index (κ2) is 12.3. The Morgan fingerprint density at radius 1 is 0.692 bits per heavy atom. The van der Waals surface area contributed by atoms with Gasteiger partial charge < -0.3 is 38.5 Å². The zero-order chi connectivity index (χ0) is 9.00. The van der Waals surface area contributed by atoms with Gasteiger partial charge in [0.25, 0.3) is 0 Å². The van der Waals surface area contributed by atoms with Crippen LogP contribution in [-0.2, 0) is 43.6 Å². The van der Waals surface area contributed by atoms with Crippen LogP contribution in [0.4, 0.5) is 0 Å². The van der Waals surface area contributed by atoms with Gasteiger partial charge in [-0.2, -0.15) is 15.6 Å². The van der Waals surface area contributed by atoms with E-state index in [0.29, 0.717) is 0 Å². The maximum absolute atomic E-state index is 8.55. The second-order valence-electron chi connectivity index (χ2n) is 0.894. The van der Waals surface area contributed by atoms with E-state index in [1.54, 1.807) is 0 Å². The van der Waals surface area contributed by atoms with Crippen LogP contribution < -0.4 is 58.9 Å². The Morgan fingerprint density at radius 2 is 0.692 bits per heavy atom. The molecule has 1 radical (unpaired) electrons. The van der Waals surface area contributed by atoms with Crippen molar-refractivity contribution in [2.24, 2.45) is 0 Å². The molecule has 0 aromatic carbocycles. The molecule has 0 aliphatic heterocycles. The topological polar surface area (TPSA) is 172 Å². The summed E-state index contributed by atoms with van der Waals surface area (Å²) in [6, 6.07) is 0. The Hall–Kier alpha value is 2.27. The average molecular weight is 321 g/mol. The maximum atomic E-state index is 8.55. The Bertz CT molecular complexity index is 134. The van der Waals surface area contributed by atoms with Crippen LogP contribution in [0.3, 0.4) is 0 Å². The molecule has 0 N–H and O–H groups in total. The Balaban J connectivity index is -0.0000000267. The summed E-state index contributed by atoms with van der Waals surface area (Å²) in [7, 11) is -10.8. The Morgan fingerprint density at radius 3 is 0.692 bits per heavy atom. The molecule has 0 atom stereocenters. The monoisotopic (exact) mass is 321 g/mol. The van der Waals surface area contributed by atoms with Gasteiger partial charge in [-0.15, -0.1) is 0 Å². The first kappa shape index (κ1) is 29.5. The molecule has 0 rings (SSSR count). The summed E-state index contributed by atoms with van der Waals surface area (Å²) in [5, 5.41) is 0. The van der Waals surface area contributed by atoms with Crippen LogP contribution in [-0.4, -0.2) is 0 Å². The predicted molar refractivity (Wildman–Crippen MR) is 15.2 cm³/mol. The van der Waals surface area contributed by atoms with Crippen molar-refractivity contribution in [2.75, 3.05) is 0 Å². The second-order valence-corrected chi connectivity index (χ2v) is 2.68. The molecule has 0 saturated carbocycles. The van der Waals surface area contributed by atoms with Gasteiger partial charge in [-0.1, -0.05) is 0 Å². The van der Waals surface area contributed by atoms with Gasteiger partial charge in [0, 0.05) is 0 Å². The average Bonchev–Trinajstić information content (AvgIpc) is 1.12. The van der Waals surface area contributed by atoms with Gasteiger partial charge >= 0.3 is 64.0 Å². The maximum Gasteiger partial charge on any atom is 3.00 e. The molecule has 0 aromatic rings. The summed E-state index contributed by atoms with van der Waals surface area (Å²) in [4.78, 5) is 51.3. The molecule has 8 nitrogen and oxygen atoms in total. The van der Waals surface area contributed by atoms with E-state index in [1.165, 1.54) is 0 Å². The Labute approximate surface area is 117 Å². The molecule has 0 spiro atoms. The number of hydrogen-bond donors (Lipinski definition) is 0. The standard InChI is InChI=1S/Cr.Fe.Na.2H3O4P/c;;;2*1-5(2,3)4/h;;;2*(H3,1,2,3,4)/q+3;+2;+1;;/p-6. The molecule has 0 fully saturated rings. The summed E-state index contributed by atoms with van der Waals surface area (Å²) >= 11 is 0. The molecule has 0 heterocycles. The van der Waals surface area contributed by atoms with E-state index in [0.717, 1.165) is 0 Å². The van der Waals surface area contributed by atoms with Crippen LogP contribution in [0, 0.1) is 0 Å². The first-order chi connectivity index (χ1) is 4.00. The van der Waals surface area contributed by atoms with E-state index >= 15 is 0 Å².